The van der Waals surface area contributed by atoms with Crippen molar-refractivity contribution < 1.29 is 14.3 Å². The Morgan fingerprint density at radius 3 is 2.59 bits per heavy atom. The third-order valence-corrected chi connectivity index (χ3v) is 4.93. The van der Waals surface area contributed by atoms with E-state index in [1.54, 1.807) is 36.8 Å². The van der Waals surface area contributed by atoms with Crippen molar-refractivity contribution in [2.75, 3.05) is 32.6 Å². The van der Waals surface area contributed by atoms with Gasteiger partial charge in [-0.25, -0.2) is 4.98 Å². The fourth-order valence-electron chi connectivity index (χ4n) is 3.40. The first-order chi connectivity index (χ1) is 15.7. The van der Waals surface area contributed by atoms with Crippen molar-refractivity contribution in [2.24, 2.45) is 0 Å². The quantitative estimate of drug-likeness (QED) is 0.413. The molecule has 0 bridgehead atoms. The van der Waals surface area contributed by atoms with Crippen LogP contribution in [0.3, 0.4) is 0 Å². The summed E-state index contributed by atoms with van der Waals surface area (Å²) in [4.78, 5) is 26.0. The number of nitrogens with zero attached hydrogens (tertiary/aromatic N) is 3. The van der Waals surface area contributed by atoms with Crippen LogP contribution in [-0.2, 0) is 0 Å². The van der Waals surface area contributed by atoms with Crippen LogP contribution in [0.5, 0.6) is 11.5 Å². The molecule has 8 heteroatoms. The maximum atomic E-state index is 12.6. The van der Waals surface area contributed by atoms with E-state index in [1.807, 2.05) is 30.3 Å². The summed E-state index contributed by atoms with van der Waals surface area (Å²) >= 11 is 0. The number of carbonyl (C=O) groups excluding carboxylic acids is 1. The minimum Gasteiger partial charge on any atom is -0.493 e. The Morgan fingerprint density at radius 2 is 1.81 bits per heavy atom. The second-order valence-electron chi connectivity index (χ2n) is 6.89. The third-order valence-electron chi connectivity index (χ3n) is 4.93. The Balaban J connectivity index is 1.48. The van der Waals surface area contributed by atoms with Gasteiger partial charge < -0.3 is 20.1 Å². The Labute approximate surface area is 185 Å². The minimum atomic E-state index is -0.243. The summed E-state index contributed by atoms with van der Waals surface area (Å²) in [5, 5.41) is 7.13. The molecule has 0 aliphatic rings. The molecule has 4 aromatic rings. The first kappa shape index (κ1) is 21.0. The number of para-hydroxylation sites is 1. The summed E-state index contributed by atoms with van der Waals surface area (Å²) in [6.45, 7) is 0.872. The van der Waals surface area contributed by atoms with Crippen LogP contribution in [0.4, 0.5) is 5.82 Å². The number of fused-ring (bicyclic) bond motifs is 1. The number of ether oxygens (including phenoxy) is 2. The van der Waals surface area contributed by atoms with Gasteiger partial charge in [0.25, 0.3) is 5.91 Å². The summed E-state index contributed by atoms with van der Waals surface area (Å²) in [5.74, 6) is 1.38. The van der Waals surface area contributed by atoms with E-state index in [1.165, 1.54) is 14.2 Å². The van der Waals surface area contributed by atoms with E-state index in [2.05, 4.69) is 20.6 Å². The van der Waals surface area contributed by atoms with Crippen molar-refractivity contribution in [3.63, 3.8) is 0 Å². The van der Waals surface area contributed by atoms with Gasteiger partial charge in [-0.2, -0.15) is 0 Å². The molecule has 0 saturated heterocycles. The zero-order chi connectivity index (χ0) is 22.3. The number of benzene rings is 1. The fourth-order valence-corrected chi connectivity index (χ4v) is 3.40. The molecule has 0 aliphatic carbocycles. The molecule has 0 saturated carbocycles. The van der Waals surface area contributed by atoms with E-state index in [9.17, 15) is 4.79 Å². The maximum Gasteiger partial charge on any atom is 0.255 e. The van der Waals surface area contributed by atoms with Gasteiger partial charge in [0.1, 0.15) is 5.82 Å². The van der Waals surface area contributed by atoms with Gasteiger partial charge in [0.05, 0.1) is 31.0 Å². The second kappa shape index (κ2) is 9.74. The molecular formula is C24H23N5O3. The van der Waals surface area contributed by atoms with Gasteiger partial charge in [-0.1, -0.05) is 6.07 Å². The molecule has 162 valence electrons. The molecule has 0 radical (unpaired) electrons. The van der Waals surface area contributed by atoms with Crippen LogP contribution in [0, 0.1) is 0 Å². The number of rotatable bonds is 8. The summed E-state index contributed by atoms with van der Waals surface area (Å²) in [6.07, 6.45) is 5.22. The number of amides is 1. The first-order valence-electron chi connectivity index (χ1n) is 10.1. The van der Waals surface area contributed by atoms with Crippen LogP contribution >= 0.6 is 0 Å². The summed E-state index contributed by atoms with van der Waals surface area (Å²) < 4.78 is 10.6. The molecule has 3 heterocycles. The van der Waals surface area contributed by atoms with Gasteiger partial charge in [-0.3, -0.25) is 14.8 Å². The van der Waals surface area contributed by atoms with Gasteiger partial charge in [-0.05, 0) is 42.5 Å². The van der Waals surface area contributed by atoms with Crippen LogP contribution < -0.4 is 20.1 Å². The Bertz CT molecular complexity index is 1230. The highest BCUT2D eigenvalue weighted by Gasteiger charge is 2.16. The molecule has 0 spiro atoms. The Hall–Kier alpha value is -4.20. The standard InChI is InChI=1S/C24H23N5O3/c1-31-21-7-3-5-18(22(21)32-2)24(30)28-14-13-27-23-17-6-4-10-26-20(17)15-19(29-23)16-8-11-25-12-9-16/h3-12,15H,13-14H2,1-2H3,(H,27,29)(H,28,30). The van der Waals surface area contributed by atoms with E-state index in [4.69, 9.17) is 14.5 Å². The molecule has 2 N–H and O–H groups in total. The highest BCUT2D eigenvalue weighted by molar-refractivity contribution is 5.98. The Morgan fingerprint density at radius 1 is 0.969 bits per heavy atom. The van der Waals surface area contributed by atoms with Gasteiger partial charge in [-0.15, -0.1) is 0 Å². The SMILES string of the molecule is COc1cccc(C(=O)NCCNc2nc(-c3ccncc3)cc3ncccc23)c1OC. The van der Waals surface area contributed by atoms with E-state index in [0.717, 1.165) is 22.2 Å². The summed E-state index contributed by atoms with van der Waals surface area (Å²) in [7, 11) is 3.05. The number of hydrogen-bond acceptors (Lipinski definition) is 7. The average Bonchev–Trinajstić information content (AvgIpc) is 2.86. The molecule has 1 amide bonds. The fraction of sp³-hybridized carbons (Fsp3) is 0.167. The number of hydrogen-bond donors (Lipinski definition) is 2. The maximum absolute atomic E-state index is 12.6. The lowest BCUT2D eigenvalue weighted by Gasteiger charge is -2.14. The van der Waals surface area contributed by atoms with E-state index in [0.29, 0.717) is 36.0 Å². The second-order valence-corrected chi connectivity index (χ2v) is 6.89. The zero-order valence-corrected chi connectivity index (χ0v) is 17.8. The van der Waals surface area contributed by atoms with E-state index >= 15 is 0 Å². The van der Waals surface area contributed by atoms with Crippen molar-refractivity contribution in [1.82, 2.24) is 20.3 Å². The number of anilines is 1. The van der Waals surface area contributed by atoms with Gasteiger partial charge >= 0.3 is 0 Å². The van der Waals surface area contributed by atoms with Crippen LogP contribution in [0.15, 0.2) is 67.1 Å². The smallest absolute Gasteiger partial charge is 0.255 e. The predicted molar refractivity (Wildman–Crippen MR) is 123 cm³/mol. The van der Waals surface area contributed by atoms with Crippen LogP contribution in [-0.4, -0.2) is 48.2 Å². The third kappa shape index (κ3) is 4.44. The highest BCUT2D eigenvalue weighted by Crippen LogP contribution is 2.30. The molecule has 0 unspecified atom stereocenters. The van der Waals surface area contributed by atoms with Crippen LogP contribution in [0.25, 0.3) is 22.2 Å². The molecule has 3 aromatic heterocycles. The normalized spacial score (nSPS) is 10.6. The molecule has 0 atom stereocenters. The van der Waals surface area contributed by atoms with Crippen molar-refractivity contribution in [2.45, 2.75) is 0 Å². The topological polar surface area (TPSA) is 98.3 Å². The number of aromatic nitrogens is 3. The van der Waals surface area contributed by atoms with Crippen molar-refractivity contribution in [1.29, 1.82) is 0 Å². The zero-order valence-electron chi connectivity index (χ0n) is 17.8. The van der Waals surface area contributed by atoms with Crippen molar-refractivity contribution >= 4 is 22.6 Å². The molecule has 8 nitrogen and oxygen atoms in total. The molecule has 1 aromatic carbocycles. The monoisotopic (exact) mass is 429 g/mol. The highest BCUT2D eigenvalue weighted by atomic mass is 16.5. The lowest BCUT2D eigenvalue weighted by molar-refractivity contribution is 0.0951. The number of pyridine rings is 3. The summed E-state index contributed by atoms with van der Waals surface area (Å²) in [5.41, 5.74) is 3.00. The first-order valence-corrected chi connectivity index (χ1v) is 10.1. The number of nitrogens with one attached hydrogen (secondary N) is 2. The molecule has 0 aliphatic heterocycles. The van der Waals surface area contributed by atoms with Crippen molar-refractivity contribution in [3.8, 4) is 22.8 Å². The molecular weight excluding hydrogens is 406 g/mol. The van der Waals surface area contributed by atoms with Gasteiger partial charge in [0, 0.05) is 42.6 Å². The number of methoxy groups -OCH3 is 2. The molecule has 4 rings (SSSR count). The summed E-state index contributed by atoms with van der Waals surface area (Å²) in [6, 6.07) is 14.8. The van der Waals surface area contributed by atoms with Crippen LogP contribution in [0.1, 0.15) is 10.4 Å². The molecule has 32 heavy (non-hydrogen) atoms. The van der Waals surface area contributed by atoms with Gasteiger partial charge in [0.2, 0.25) is 0 Å². The molecule has 0 fully saturated rings. The average molecular weight is 429 g/mol. The van der Waals surface area contributed by atoms with Crippen molar-refractivity contribution in [3.05, 3.63) is 72.7 Å². The lowest BCUT2D eigenvalue weighted by atomic mass is 10.1. The van der Waals surface area contributed by atoms with E-state index < -0.39 is 0 Å². The van der Waals surface area contributed by atoms with Gasteiger partial charge in [0.15, 0.2) is 11.5 Å². The van der Waals surface area contributed by atoms with E-state index in [-0.39, 0.29) is 5.91 Å². The number of carbonyl (C=O) groups is 1. The largest absolute Gasteiger partial charge is 0.493 e. The van der Waals surface area contributed by atoms with Crippen LogP contribution in [0.2, 0.25) is 0 Å². The minimum absolute atomic E-state index is 0.243. The lowest BCUT2D eigenvalue weighted by Crippen LogP contribution is -2.29. The predicted octanol–water partition coefficient (Wildman–Crippen LogP) is 3.55. The Kier molecular flexibility index (Phi) is 6.41.